The summed E-state index contributed by atoms with van der Waals surface area (Å²) in [4.78, 5) is 25.1. The van der Waals surface area contributed by atoms with E-state index in [1.165, 1.54) is 18.4 Å². The van der Waals surface area contributed by atoms with Crippen LogP contribution < -0.4 is 14.9 Å². The van der Waals surface area contributed by atoms with Crippen LogP contribution in [0.15, 0.2) is 106 Å². The van der Waals surface area contributed by atoms with Gasteiger partial charge in [0, 0.05) is 12.1 Å². The number of rotatable bonds is 5. The van der Waals surface area contributed by atoms with Gasteiger partial charge in [0.15, 0.2) is 0 Å². The first kappa shape index (κ1) is 21.2. The van der Waals surface area contributed by atoms with E-state index in [-0.39, 0.29) is 16.9 Å². The molecule has 0 amide bonds. The monoisotopic (exact) mass is 448 g/mol. The smallest absolute Gasteiger partial charge is 0.336 e. The molecule has 166 valence electrons. The van der Waals surface area contributed by atoms with Gasteiger partial charge in [-0.2, -0.15) is 0 Å². The van der Waals surface area contributed by atoms with Crippen LogP contribution in [0.1, 0.15) is 11.1 Å². The van der Waals surface area contributed by atoms with Crippen molar-refractivity contribution in [2.45, 2.75) is 6.92 Å². The lowest BCUT2D eigenvalue weighted by atomic mass is 10.1. The Morgan fingerprint density at radius 2 is 1.62 bits per heavy atom. The number of carbonyl (C=O) groups excluding carboxylic acids is 1. The van der Waals surface area contributed by atoms with E-state index in [0.29, 0.717) is 16.7 Å². The van der Waals surface area contributed by atoms with Gasteiger partial charge < -0.3 is 13.9 Å². The first-order valence-electron chi connectivity index (χ1n) is 10.7. The minimum absolute atomic E-state index is 0.0774. The Bertz CT molecular complexity index is 1590. The van der Waals surface area contributed by atoms with Crippen molar-refractivity contribution in [1.29, 1.82) is 0 Å². The minimum Gasteiger partial charge on any atom is -0.460 e. The molecule has 0 unspecified atom stereocenters. The highest BCUT2D eigenvalue weighted by Gasteiger charge is 2.11. The Morgan fingerprint density at radius 1 is 0.853 bits per heavy atom. The number of benzene rings is 4. The molecule has 0 saturated carbocycles. The standard InChI is InChI=1S/C29H20O5/c1-19-6-8-20(9-7-19)10-15-28(30)34-24-13-14-25-26(17-24)32-18-27(29(25)31)33-23-12-11-21-4-2-3-5-22(21)16-23/h2-18H,1H3. The average Bonchev–Trinajstić information content (AvgIpc) is 2.85. The van der Waals surface area contributed by atoms with E-state index >= 15 is 0 Å². The lowest BCUT2D eigenvalue weighted by Gasteiger charge is -2.07. The Kier molecular flexibility index (Phi) is 5.67. The molecule has 4 aromatic carbocycles. The van der Waals surface area contributed by atoms with Gasteiger partial charge in [0.05, 0.1) is 5.39 Å². The maximum atomic E-state index is 12.9. The fourth-order valence-corrected chi connectivity index (χ4v) is 3.57. The predicted octanol–water partition coefficient (Wildman–Crippen LogP) is 6.67. The SMILES string of the molecule is Cc1ccc(C=CC(=O)Oc2ccc3c(=O)c(Oc4ccc5ccccc5c4)coc3c2)cc1. The molecule has 0 saturated heterocycles. The Morgan fingerprint density at radius 3 is 2.44 bits per heavy atom. The highest BCUT2D eigenvalue weighted by molar-refractivity contribution is 5.89. The fraction of sp³-hybridized carbons (Fsp3) is 0.0345. The lowest BCUT2D eigenvalue weighted by molar-refractivity contribution is -0.128. The summed E-state index contributed by atoms with van der Waals surface area (Å²) in [5, 5.41) is 2.41. The summed E-state index contributed by atoms with van der Waals surface area (Å²) in [5.41, 5.74) is 2.02. The largest absolute Gasteiger partial charge is 0.460 e. The molecule has 5 rings (SSSR count). The molecule has 1 heterocycles. The summed E-state index contributed by atoms with van der Waals surface area (Å²) >= 11 is 0. The molecule has 1 aromatic heterocycles. The number of esters is 1. The van der Waals surface area contributed by atoms with E-state index in [9.17, 15) is 9.59 Å². The number of hydrogen-bond acceptors (Lipinski definition) is 5. The summed E-state index contributed by atoms with van der Waals surface area (Å²) in [7, 11) is 0. The van der Waals surface area contributed by atoms with Gasteiger partial charge in [0.1, 0.15) is 23.3 Å². The van der Waals surface area contributed by atoms with E-state index in [1.54, 1.807) is 24.3 Å². The average molecular weight is 448 g/mol. The van der Waals surface area contributed by atoms with Crippen LogP contribution in [0.3, 0.4) is 0 Å². The van der Waals surface area contributed by atoms with Crippen LogP contribution in [0.5, 0.6) is 17.2 Å². The summed E-state index contributed by atoms with van der Waals surface area (Å²) < 4.78 is 16.8. The van der Waals surface area contributed by atoms with Crippen molar-refractivity contribution in [3.8, 4) is 17.2 Å². The van der Waals surface area contributed by atoms with Gasteiger partial charge in [-0.15, -0.1) is 0 Å². The van der Waals surface area contributed by atoms with Gasteiger partial charge in [0.2, 0.25) is 11.2 Å². The lowest BCUT2D eigenvalue weighted by Crippen LogP contribution is -2.06. The molecule has 5 heteroatoms. The normalized spacial score (nSPS) is 11.2. The van der Waals surface area contributed by atoms with Crippen LogP contribution in [-0.4, -0.2) is 5.97 Å². The topological polar surface area (TPSA) is 65.7 Å². The molecule has 0 fully saturated rings. The van der Waals surface area contributed by atoms with Gasteiger partial charge in [-0.1, -0.05) is 60.2 Å². The highest BCUT2D eigenvalue weighted by atomic mass is 16.5. The maximum absolute atomic E-state index is 12.9. The molecule has 0 radical (unpaired) electrons. The zero-order chi connectivity index (χ0) is 23.5. The van der Waals surface area contributed by atoms with E-state index in [4.69, 9.17) is 13.9 Å². The van der Waals surface area contributed by atoms with Gasteiger partial charge in [0.25, 0.3) is 0 Å². The number of fused-ring (bicyclic) bond motifs is 2. The molecule has 0 aliphatic carbocycles. The van der Waals surface area contributed by atoms with Gasteiger partial charge in [-0.3, -0.25) is 4.79 Å². The van der Waals surface area contributed by atoms with E-state index in [2.05, 4.69) is 0 Å². The molecule has 0 spiro atoms. The van der Waals surface area contributed by atoms with Crippen molar-refractivity contribution >= 4 is 33.8 Å². The van der Waals surface area contributed by atoms with Crippen molar-refractivity contribution < 1.29 is 18.7 Å². The molecule has 0 bridgehead atoms. The predicted molar refractivity (Wildman–Crippen MR) is 132 cm³/mol. The van der Waals surface area contributed by atoms with Crippen LogP contribution in [0, 0.1) is 6.92 Å². The Balaban J connectivity index is 1.33. The quantitative estimate of drug-likeness (QED) is 0.171. The second-order valence-corrected chi connectivity index (χ2v) is 7.86. The van der Waals surface area contributed by atoms with Crippen molar-refractivity contribution in [1.82, 2.24) is 0 Å². The van der Waals surface area contributed by atoms with Crippen LogP contribution in [0.25, 0.3) is 27.8 Å². The number of hydrogen-bond donors (Lipinski definition) is 0. The van der Waals surface area contributed by atoms with Crippen LogP contribution in [0.2, 0.25) is 0 Å². The van der Waals surface area contributed by atoms with E-state index in [0.717, 1.165) is 21.9 Å². The third kappa shape index (κ3) is 4.59. The molecule has 0 aliphatic heterocycles. The Hall–Kier alpha value is -4.64. The van der Waals surface area contributed by atoms with E-state index < -0.39 is 5.97 Å². The zero-order valence-electron chi connectivity index (χ0n) is 18.4. The van der Waals surface area contributed by atoms with Crippen molar-refractivity contribution in [2.75, 3.05) is 0 Å². The molecular weight excluding hydrogens is 428 g/mol. The molecule has 0 atom stereocenters. The first-order chi connectivity index (χ1) is 16.5. The fourth-order valence-electron chi connectivity index (χ4n) is 3.57. The van der Waals surface area contributed by atoms with Crippen molar-refractivity contribution in [3.05, 3.63) is 119 Å². The molecule has 5 nitrogen and oxygen atoms in total. The van der Waals surface area contributed by atoms with Crippen molar-refractivity contribution in [3.63, 3.8) is 0 Å². The van der Waals surface area contributed by atoms with Crippen LogP contribution in [-0.2, 0) is 4.79 Å². The highest BCUT2D eigenvalue weighted by Crippen LogP contribution is 2.26. The molecule has 5 aromatic rings. The number of ether oxygens (including phenoxy) is 2. The molecule has 0 N–H and O–H groups in total. The van der Waals surface area contributed by atoms with Crippen molar-refractivity contribution in [2.24, 2.45) is 0 Å². The maximum Gasteiger partial charge on any atom is 0.336 e. The number of aryl methyl sites for hydroxylation is 1. The summed E-state index contributed by atoms with van der Waals surface area (Å²) in [5.74, 6) is 0.362. The summed E-state index contributed by atoms with van der Waals surface area (Å²) in [6, 6.07) is 25.9. The molecule has 34 heavy (non-hydrogen) atoms. The number of carbonyl (C=O) groups is 1. The van der Waals surface area contributed by atoms with E-state index in [1.807, 2.05) is 67.6 Å². The second kappa shape index (κ2) is 9.08. The third-order valence-electron chi connectivity index (χ3n) is 5.37. The first-order valence-corrected chi connectivity index (χ1v) is 10.7. The van der Waals surface area contributed by atoms with Gasteiger partial charge in [-0.05, 0) is 53.6 Å². The van der Waals surface area contributed by atoms with Crippen LogP contribution >= 0.6 is 0 Å². The molecule has 0 aliphatic rings. The minimum atomic E-state index is -0.529. The summed E-state index contributed by atoms with van der Waals surface area (Å²) in [6.45, 7) is 2.00. The van der Waals surface area contributed by atoms with Gasteiger partial charge >= 0.3 is 5.97 Å². The van der Waals surface area contributed by atoms with Crippen LogP contribution in [0.4, 0.5) is 0 Å². The zero-order valence-corrected chi connectivity index (χ0v) is 18.4. The van der Waals surface area contributed by atoms with Gasteiger partial charge in [-0.25, -0.2) is 4.79 Å². The third-order valence-corrected chi connectivity index (χ3v) is 5.37. The Labute approximate surface area is 195 Å². The summed E-state index contributed by atoms with van der Waals surface area (Å²) in [6.07, 6.45) is 4.30. The molecular formula is C29H20O5. The second-order valence-electron chi connectivity index (χ2n) is 7.86.